The minimum Gasteiger partial charge on any atom is -0.497 e. The van der Waals surface area contributed by atoms with Crippen LogP contribution in [0, 0.1) is 0 Å². The minimum atomic E-state index is -0.332. The third kappa shape index (κ3) is 5.85. The number of ether oxygens (including phenoxy) is 3. The van der Waals surface area contributed by atoms with Crippen LogP contribution in [0.2, 0.25) is 0 Å². The number of benzene rings is 2. The SMILES string of the molecule is CCOc1ccc(-n2c(SCC(=O)NN=Cc3cc(OC)ccc3OC)nc3sc4c(c3c2=O)CCCC4)cc1. The lowest BCUT2D eigenvalue weighted by Crippen LogP contribution is -2.24. The predicted molar refractivity (Wildman–Crippen MR) is 159 cm³/mol. The molecule has 1 aliphatic carbocycles. The van der Waals surface area contributed by atoms with Crippen molar-refractivity contribution >= 4 is 45.4 Å². The van der Waals surface area contributed by atoms with E-state index in [1.807, 2.05) is 31.2 Å². The van der Waals surface area contributed by atoms with Crippen LogP contribution in [0.1, 0.15) is 35.8 Å². The first kappa shape index (κ1) is 27.7. The van der Waals surface area contributed by atoms with Gasteiger partial charge in [-0.25, -0.2) is 10.4 Å². The van der Waals surface area contributed by atoms with Crippen molar-refractivity contribution in [2.45, 2.75) is 37.8 Å². The van der Waals surface area contributed by atoms with Gasteiger partial charge in [-0.15, -0.1) is 11.3 Å². The summed E-state index contributed by atoms with van der Waals surface area (Å²) in [5.74, 6) is 1.66. The van der Waals surface area contributed by atoms with Gasteiger partial charge < -0.3 is 14.2 Å². The number of hydrogen-bond donors (Lipinski definition) is 1. The molecule has 4 aromatic rings. The Morgan fingerprint density at radius 3 is 2.65 bits per heavy atom. The second-order valence-electron chi connectivity index (χ2n) is 9.04. The molecule has 0 radical (unpaired) electrons. The molecule has 0 atom stereocenters. The largest absolute Gasteiger partial charge is 0.497 e. The van der Waals surface area contributed by atoms with Crippen molar-refractivity contribution in [3.63, 3.8) is 0 Å². The Labute approximate surface area is 240 Å². The van der Waals surface area contributed by atoms with Crippen molar-refractivity contribution in [1.29, 1.82) is 0 Å². The van der Waals surface area contributed by atoms with Crippen molar-refractivity contribution in [3.8, 4) is 22.9 Å². The summed E-state index contributed by atoms with van der Waals surface area (Å²) in [7, 11) is 3.14. The molecule has 1 amide bonds. The number of thioether (sulfide) groups is 1. The fourth-order valence-electron chi connectivity index (χ4n) is 4.65. The maximum atomic E-state index is 13.9. The number of nitrogens with zero attached hydrogens (tertiary/aromatic N) is 3. The first-order chi connectivity index (χ1) is 19.5. The Bertz CT molecular complexity index is 1610. The van der Waals surface area contributed by atoms with Crippen LogP contribution in [0.3, 0.4) is 0 Å². The Hall–Kier alpha value is -3.83. The Morgan fingerprint density at radius 1 is 1.12 bits per heavy atom. The summed E-state index contributed by atoms with van der Waals surface area (Å²) in [6.07, 6.45) is 5.55. The summed E-state index contributed by atoms with van der Waals surface area (Å²) in [6, 6.07) is 12.7. The molecule has 0 unspecified atom stereocenters. The summed E-state index contributed by atoms with van der Waals surface area (Å²) >= 11 is 2.79. The predicted octanol–water partition coefficient (Wildman–Crippen LogP) is 4.98. The van der Waals surface area contributed by atoms with Crippen LogP contribution in [-0.2, 0) is 17.6 Å². The molecule has 2 aromatic carbocycles. The lowest BCUT2D eigenvalue weighted by Gasteiger charge is -2.14. The lowest BCUT2D eigenvalue weighted by atomic mass is 9.97. The number of aromatic nitrogens is 2. The van der Waals surface area contributed by atoms with Gasteiger partial charge in [-0.2, -0.15) is 5.10 Å². The van der Waals surface area contributed by atoms with Gasteiger partial charge >= 0.3 is 0 Å². The highest BCUT2D eigenvalue weighted by Gasteiger charge is 2.23. The average molecular weight is 579 g/mol. The fraction of sp³-hybridized carbons (Fsp3) is 0.310. The number of thiophene rings is 1. The van der Waals surface area contributed by atoms with E-state index in [0.717, 1.165) is 41.8 Å². The van der Waals surface area contributed by atoms with Gasteiger partial charge in [-0.1, -0.05) is 11.8 Å². The first-order valence-corrected chi connectivity index (χ1v) is 14.8. The van der Waals surface area contributed by atoms with Crippen LogP contribution in [0.5, 0.6) is 17.2 Å². The van der Waals surface area contributed by atoms with Gasteiger partial charge in [-0.05, 0) is 80.6 Å². The van der Waals surface area contributed by atoms with E-state index in [-0.39, 0.29) is 17.2 Å². The molecule has 0 spiro atoms. The Kier molecular flexibility index (Phi) is 8.71. The summed E-state index contributed by atoms with van der Waals surface area (Å²) in [4.78, 5) is 33.5. The fourth-order valence-corrected chi connectivity index (χ4v) is 6.75. The normalized spacial score (nSPS) is 12.9. The minimum absolute atomic E-state index is 0.0205. The maximum absolute atomic E-state index is 13.9. The van der Waals surface area contributed by atoms with Gasteiger partial charge in [-0.3, -0.25) is 14.2 Å². The molecule has 208 valence electrons. The highest BCUT2D eigenvalue weighted by molar-refractivity contribution is 7.99. The van der Waals surface area contributed by atoms with Gasteiger partial charge in [0.15, 0.2) is 5.16 Å². The molecule has 0 aliphatic heterocycles. The highest BCUT2D eigenvalue weighted by Crippen LogP contribution is 2.35. The molecule has 5 rings (SSSR count). The molecule has 0 fully saturated rings. The molecule has 1 N–H and O–H groups in total. The maximum Gasteiger partial charge on any atom is 0.267 e. The second kappa shape index (κ2) is 12.6. The number of hydrogen-bond acceptors (Lipinski definition) is 9. The first-order valence-electron chi connectivity index (χ1n) is 13.0. The number of amides is 1. The van der Waals surface area contributed by atoms with E-state index in [9.17, 15) is 9.59 Å². The molecule has 0 saturated carbocycles. The molecule has 9 nitrogen and oxygen atoms in total. The number of hydrazone groups is 1. The van der Waals surface area contributed by atoms with Crippen LogP contribution < -0.4 is 25.2 Å². The van der Waals surface area contributed by atoms with E-state index in [0.29, 0.717) is 39.9 Å². The van der Waals surface area contributed by atoms with Gasteiger partial charge in [0.2, 0.25) is 0 Å². The van der Waals surface area contributed by atoms with Crippen LogP contribution in [-0.4, -0.2) is 48.3 Å². The van der Waals surface area contributed by atoms with Gasteiger partial charge in [0.05, 0.1) is 43.9 Å². The Morgan fingerprint density at radius 2 is 1.90 bits per heavy atom. The summed E-state index contributed by atoms with van der Waals surface area (Å²) in [5, 5.41) is 5.23. The van der Waals surface area contributed by atoms with E-state index in [4.69, 9.17) is 19.2 Å². The molecule has 1 aliphatic rings. The summed E-state index contributed by atoms with van der Waals surface area (Å²) in [6.45, 7) is 2.48. The topological polar surface area (TPSA) is 104 Å². The van der Waals surface area contributed by atoms with E-state index >= 15 is 0 Å². The van der Waals surface area contributed by atoms with Gasteiger partial charge in [0.1, 0.15) is 22.1 Å². The van der Waals surface area contributed by atoms with Gasteiger partial charge in [0.25, 0.3) is 11.5 Å². The van der Waals surface area contributed by atoms with E-state index in [1.165, 1.54) is 22.9 Å². The zero-order valence-corrected chi connectivity index (χ0v) is 24.2. The molecule has 11 heteroatoms. The number of fused-ring (bicyclic) bond motifs is 3. The number of methoxy groups -OCH3 is 2. The smallest absolute Gasteiger partial charge is 0.267 e. The third-order valence-corrected chi connectivity index (χ3v) is 8.65. The molecular formula is C29H30N4O5S2. The number of carbonyl (C=O) groups is 1. The van der Waals surface area contributed by atoms with Crippen molar-refractivity contribution in [2.75, 3.05) is 26.6 Å². The monoisotopic (exact) mass is 578 g/mol. The Balaban J connectivity index is 1.41. The standard InChI is InChI=1S/C29H30N4O5S2/c1-4-38-20-11-9-19(10-12-20)33-28(35)26-22-7-5-6-8-24(22)40-27(26)31-29(33)39-17-25(34)32-30-16-18-15-21(36-2)13-14-23(18)37-3/h9-16H,4-8,17H2,1-3H3,(H,32,34). The van der Waals surface area contributed by atoms with Crippen LogP contribution in [0.15, 0.2) is 57.5 Å². The van der Waals surface area contributed by atoms with E-state index in [2.05, 4.69) is 10.5 Å². The highest BCUT2D eigenvalue weighted by atomic mass is 32.2. The van der Waals surface area contributed by atoms with Crippen LogP contribution in [0.4, 0.5) is 0 Å². The second-order valence-corrected chi connectivity index (χ2v) is 11.1. The summed E-state index contributed by atoms with van der Waals surface area (Å²) in [5.41, 5.74) is 4.89. The quantitative estimate of drug-likeness (QED) is 0.122. The van der Waals surface area contributed by atoms with E-state index in [1.54, 1.807) is 48.3 Å². The molecule has 40 heavy (non-hydrogen) atoms. The molecule has 2 aromatic heterocycles. The van der Waals surface area contributed by atoms with Crippen LogP contribution in [0.25, 0.3) is 15.9 Å². The van der Waals surface area contributed by atoms with Crippen LogP contribution >= 0.6 is 23.1 Å². The van der Waals surface area contributed by atoms with Crippen molar-refractivity contribution < 1.29 is 19.0 Å². The molecular weight excluding hydrogens is 548 g/mol. The van der Waals surface area contributed by atoms with Gasteiger partial charge in [0, 0.05) is 10.4 Å². The zero-order chi connectivity index (χ0) is 28.1. The molecule has 2 heterocycles. The third-order valence-electron chi connectivity index (χ3n) is 6.53. The molecule has 0 bridgehead atoms. The lowest BCUT2D eigenvalue weighted by molar-refractivity contribution is -0.118. The van der Waals surface area contributed by atoms with Crippen molar-refractivity contribution in [3.05, 3.63) is 68.8 Å². The van der Waals surface area contributed by atoms with Crippen molar-refractivity contribution in [2.24, 2.45) is 5.10 Å². The number of rotatable bonds is 10. The number of aryl methyl sites for hydroxylation is 2. The molecule has 0 saturated heterocycles. The van der Waals surface area contributed by atoms with E-state index < -0.39 is 0 Å². The number of nitrogens with one attached hydrogen (secondary N) is 1. The van der Waals surface area contributed by atoms with Crippen molar-refractivity contribution in [1.82, 2.24) is 15.0 Å². The zero-order valence-electron chi connectivity index (χ0n) is 22.6. The number of carbonyl (C=O) groups excluding carboxylic acids is 1. The summed E-state index contributed by atoms with van der Waals surface area (Å²) < 4.78 is 17.8. The average Bonchev–Trinajstić information content (AvgIpc) is 3.35.